The van der Waals surface area contributed by atoms with E-state index in [4.69, 9.17) is 9.47 Å². The van der Waals surface area contributed by atoms with Crippen molar-refractivity contribution in [3.8, 4) is 5.75 Å². The molecule has 0 N–H and O–H groups in total. The number of hydrogen-bond donors (Lipinski definition) is 0. The van der Waals surface area contributed by atoms with Crippen LogP contribution in [-0.2, 0) is 14.3 Å². The molecule has 1 heterocycles. The van der Waals surface area contributed by atoms with E-state index < -0.39 is 40.3 Å². The Morgan fingerprint density at radius 2 is 1.89 bits per heavy atom. The highest BCUT2D eigenvalue weighted by atomic mass is 79.9. The van der Waals surface area contributed by atoms with Crippen LogP contribution in [0.25, 0.3) is 0 Å². The zero-order valence-corrected chi connectivity index (χ0v) is 16.7. The molecule has 0 bridgehead atoms. The maximum absolute atomic E-state index is 13.6. The fourth-order valence-electron chi connectivity index (χ4n) is 4.71. The molecule has 3 unspecified atom stereocenters. The van der Waals surface area contributed by atoms with Gasteiger partial charge in [0, 0.05) is 21.5 Å². The summed E-state index contributed by atoms with van der Waals surface area (Å²) in [6.07, 6.45) is 0.212. The zero-order valence-electron chi connectivity index (χ0n) is 15.1. The van der Waals surface area contributed by atoms with Crippen LogP contribution >= 0.6 is 15.9 Å². The molecule has 1 aliphatic heterocycles. The molecule has 2 aliphatic rings. The van der Waals surface area contributed by atoms with Crippen LogP contribution in [0, 0.1) is 16.6 Å². The molecule has 5 nitrogen and oxygen atoms in total. The number of ether oxygens (including phenoxy) is 2. The molecule has 2 aromatic rings. The SMILES string of the molecule is CCC1(C(=O)c2ccc(F)cc2)C2c3cc(Br)ccc3OC(=O)C21C(=O)OC. The Hall–Kier alpha value is -2.54. The molecule has 7 heteroatoms. The summed E-state index contributed by atoms with van der Waals surface area (Å²) in [6.45, 7) is 1.75. The third kappa shape index (κ3) is 2.13. The van der Waals surface area contributed by atoms with Gasteiger partial charge in [0.25, 0.3) is 0 Å². The topological polar surface area (TPSA) is 69.7 Å². The summed E-state index contributed by atoms with van der Waals surface area (Å²) in [5, 5.41) is 0. The molecule has 0 saturated heterocycles. The minimum absolute atomic E-state index is 0.212. The third-order valence-electron chi connectivity index (χ3n) is 5.93. The van der Waals surface area contributed by atoms with Crippen molar-refractivity contribution in [2.24, 2.45) is 10.8 Å². The molecule has 3 atom stereocenters. The van der Waals surface area contributed by atoms with E-state index in [9.17, 15) is 18.8 Å². The normalized spacial score (nSPS) is 27.3. The van der Waals surface area contributed by atoms with E-state index >= 15 is 0 Å². The number of rotatable bonds is 4. The van der Waals surface area contributed by atoms with Crippen LogP contribution in [0.5, 0.6) is 5.75 Å². The number of hydrogen-bond acceptors (Lipinski definition) is 5. The van der Waals surface area contributed by atoms with E-state index in [0.29, 0.717) is 11.3 Å². The summed E-state index contributed by atoms with van der Waals surface area (Å²) in [4.78, 5) is 39.4. The van der Waals surface area contributed by atoms with Gasteiger partial charge in [-0.2, -0.15) is 0 Å². The first kappa shape index (κ1) is 18.8. The van der Waals surface area contributed by atoms with Crippen LogP contribution in [0.3, 0.4) is 0 Å². The monoisotopic (exact) mass is 446 g/mol. The molecule has 4 rings (SSSR count). The van der Waals surface area contributed by atoms with E-state index in [1.165, 1.54) is 31.4 Å². The molecule has 2 aromatic carbocycles. The number of ketones is 1. The number of esters is 2. The Kier molecular flexibility index (Phi) is 4.19. The van der Waals surface area contributed by atoms with Gasteiger partial charge in [-0.05, 0) is 48.9 Å². The molecule has 0 radical (unpaired) electrons. The minimum atomic E-state index is -1.75. The number of benzene rings is 2. The molecule has 1 aliphatic carbocycles. The van der Waals surface area contributed by atoms with Crippen molar-refractivity contribution in [1.29, 1.82) is 0 Å². The molecule has 0 amide bonds. The van der Waals surface area contributed by atoms with Gasteiger partial charge in [-0.3, -0.25) is 14.4 Å². The van der Waals surface area contributed by atoms with Gasteiger partial charge in [0.05, 0.1) is 12.5 Å². The molecule has 0 spiro atoms. The van der Waals surface area contributed by atoms with Gasteiger partial charge in [-0.25, -0.2) is 4.39 Å². The molecule has 0 aromatic heterocycles. The van der Waals surface area contributed by atoms with Crippen LogP contribution in [0.2, 0.25) is 0 Å². The summed E-state index contributed by atoms with van der Waals surface area (Å²) >= 11 is 3.39. The lowest BCUT2D eigenvalue weighted by Gasteiger charge is -2.22. The van der Waals surface area contributed by atoms with Crippen molar-refractivity contribution < 1.29 is 28.2 Å². The van der Waals surface area contributed by atoms with Crippen molar-refractivity contribution in [1.82, 2.24) is 0 Å². The van der Waals surface area contributed by atoms with Gasteiger partial charge in [-0.1, -0.05) is 22.9 Å². The maximum atomic E-state index is 13.6. The number of fused-ring (bicyclic) bond motifs is 3. The fraction of sp³-hybridized carbons (Fsp3) is 0.286. The highest BCUT2D eigenvalue weighted by Gasteiger charge is 2.90. The third-order valence-corrected chi connectivity index (χ3v) is 6.42. The van der Waals surface area contributed by atoms with Crippen LogP contribution in [0.4, 0.5) is 4.39 Å². The highest BCUT2D eigenvalue weighted by Crippen LogP contribution is 2.80. The van der Waals surface area contributed by atoms with Gasteiger partial charge in [0.2, 0.25) is 0 Å². The number of halogens is 2. The first-order valence-corrected chi connectivity index (χ1v) is 9.54. The van der Waals surface area contributed by atoms with Gasteiger partial charge in [0.1, 0.15) is 11.6 Å². The largest absolute Gasteiger partial charge is 0.468 e. The Morgan fingerprint density at radius 3 is 2.50 bits per heavy atom. The number of methoxy groups -OCH3 is 1. The smallest absolute Gasteiger partial charge is 0.330 e. The molecular weight excluding hydrogens is 431 g/mol. The second-order valence-corrected chi connectivity index (χ2v) is 7.88. The van der Waals surface area contributed by atoms with Gasteiger partial charge >= 0.3 is 11.9 Å². The lowest BCUT2D eigenvalue weighted by molar-refractivity contribution is -0.160. The molecule has 1 saturated carbocycles. The Balaban J connectivity index is 1.95. The maximum Gasteiger partial charge on any atom is 0.330 e. The first-order chi connectivity index (χ1) is 13.3. The van der Waals surface area contributed by atoms with Crippen molar-refractivity contribution in [2.75, 3.05) is 7.11 Å². The zero-order chi connectivity index (χ0) is 20.3. The Labute approximate surface area is 169 Å². The predicted octanol–water partition coefficient (Wildman–Crippen LogP) is 4.04. The number of Topliss-reactive ketones (excluding diaryl/α,β-unsaturated/α-hetero) is 1. The minimum Gasteiger partial charge on any atom is -0.468 e. The Morgan fingerprint density at radius 1 is 1.21 bits per heavy atom. The molecule has 144 valence electrons. The van der Waals surface area contributed by atoms with Gasteiger partial charge in [-0.15, -0.1) is 0 Å². The predicted molar refractivity (Wildman–Crippen MR) is 100 cm³/mol. The van der Waals surface area contributed by atoms with Gasteiger partial charge < -0.3 is 9.47 Å². The van der Waals surface area contributed by atoms with Crippen LogP contribution < -0.4 is 4.74 Å². The van der Waals surface area contributed by atoms with Crippen LogP contribution in [0.15, 0.2) is 46.9 Å². The van der Waals surface area contributed by atoms with E-state index in [2.05, 4.69) is 15.9 Å². The lowest BCUT2D eigenvalue weighted by atomic mass is 9.83. The molecule has 1 fully saturated rings. The molecular formula is C21H16BrFO5. The average molecular weight is 447 g/mol. The number of carbonyl (C=O) groups excluding carboxylic acids is 3. The summed E-state index contributed by atoms with van der Waals surface area (Å²) < 4.78 is 24.5. The molecule has 28 heavy (non-hydrogen) atoms. The van der Waals surface area contributed by atoms with Crippen molar-refractivity contribution in [3.63, 3.8) is 0 Å². The quantitative estimate of drug-likeness (QED) is 0.306. The lowest BCUT2D eigenvalue weighted by Crippen LogP contribution is -2.40. The van der Waals surface area contributed by atoms with Crippen molar-refractivity contribution >= 4 is 33.7 Å². The second kappa shape index (κ2) is 6.24. The van der Waals surface area contributed by atoms with Crippen LogP contribution in [-0.4, -0.2) is 24.8 Å². The second-order valence-electron chi connectivity index (χ2n) is 6.97. The Bertz CT molecular complexity index is 1020. The summed E-state index contributed by atoms with van der Waals surface area (Å²) in [5.41, 5.74) is -2.29. The van der Waals surface area contributed by atoms with E-state index in [-0.39, 0.29) is 12.0 Å². The fourth-order valence-corrected chi connectivity index (χ4v) is 5.09. The summed E-state index contributed by atoms with van der Waals surface area (Å²) in [7, 11) is 1.18. The van der Waals surface area contributed by atoms with Crippen LogP contribution in [0.1, 0.15) is 35.2 Å². The van der Waals surface area contributed by atoms with Crippen molar-refractivity contribution in [3.05, 3.63) is 63.9 Å². The van der Waals surface area contributed by atoms with Crippen molar-refractivity contribution in [2.45, 2.75) is 19.3 Å². The highest BCUT2D eigenvalue weighted by molar-refractivity contribution is 9.10. The number of carbonyl (C=O) groups is 3. The van der Waals surface area contributed by atoms with E-state index in [0.717, 1.165) is 4.47 Å². The summed E-state index contributed by atoms with van der Waals surface area (Å²) in [6, 6.07) is 10.2. The van der Waals surface area contributed by atoms with E-state index in [1.54, 1.807) is 25.1 Å². The average Bonchev–Trinajstić information content (AvgIpc) is 3.35. The van der Waals surface area contributed by atoms with Gasteiger partial charge in [0.15, 0.2) is 11.2 Å². The van der Waals surface area contributed by atoms with E-state index in [1.807, 2.05) is 0 Å². The standard InChI is InChI=1S/C21H16BrFO5/c1-3-20(17(24)11-4-7-13(23)8-5-11)16-14-10-12(22)6-9-15(14)28-19(26)21(16,20)18(25)27-2/h4-10,16H,3H2,1-2H3. The first-order valence-electron chi connectivity index (χ1n) is 8.75. The summed E-state index contributed by atoms with van der Waals surface area (Å²) in [5.74, 6) is -2.88.